The number of benzene rings is 2. The molecule has 0 aromatic heterocycles. The number of carbonyl (C=O) groups excluding carboxylic acids is 1. The van der Waals surface area contributed by atoms with Crippen LogP contribution in [0.2, 0.25) is 0 Å². The van der Waals surface area contributed by atoms with Crippen molar-refractivity contribution in [3.05, 3.63) is 64.1 Å². The summed E-state index contributed by atoms with van der Waals surface area (Å²) >= 11 is 3.37. The van der Waals surface area contributed by atoms with Crippen molar-refractivity contribution in [3.63, 3.8) is 0 Å². The number of methoxy groups -OCH3 is 1. The molecule has 1 aliphatic rings. The molecule has 1 heterocycles. The van der Waals surface area contributed by atoms with Crippen molar-refractivity contribution in [2.75, 3.05) is 20.2 Å². The molecule has 3 rings (SSSR count). The monoisotopic (exact) mass is 480 g/mol. The number of ether oxygens (including phenoxy) is 1. The highest BCUT2D eigenvalue weighted by molar-refractivity contribution is 9.10. The van der Waals surface area contributed by atoms with Gasteiger partial charge in [0.15, 0.2) is 0 Å². The van der Waals surface area contributed by atoms with Crippen LogP contribution in [0.4, 0.5) is 0 Å². The normalized spacial score (nSPS) is 15.8. The third-order valence-electron chi connectivity index (χ3n) is 5.08. The van der Waals surface area contributed by atoms with Gasteiger partial charge in [-0.3, -0.25) is 4.79 Å². The molecule has 1 N–H and O–H groups in total. The van der Waals surface area contributed by atoms with E-state index in [1.807, 2.05) is 48.5 Å². The minimum atomic E-state index is -3.40. The smallest absolute Gasteiger partial charge is 0.223 e. The number of hydrogen-bond acceptors (Lipinski definition) is 4. The van der Waals surface area contributed by atoms with Gasteiger partial charge in [-0.1, -0.05) is 40.2 Å². The zero-order valence-electron chi connectivity index (χ0n) is 16.3. The predicted octanol–water partition coefficient (Wildman–Crippen LogP) is 3.32. The number of carbonyl (C=O) groups is 1. The second-order valence-corrected chi connectivity index (χ2v) is 10.0. The van der Waals surface area contributed by atoms with Gasteiger partial charge in [-0.05, 0) is 48.2 Å². The first-order valence-electron chi connectivity index (χ1n) is 9.50. The Labute approximate surface area is 180 Å². The van der Waals surface area contributed by atoms with Crippen LogP contribution in [0, 0.1) is 5.92 Å². The van der Waals surface area contributed by atoms with Crippen molar-refractivity contribution in [3.8, 4) is 5.75 Å². The number of amides is 1. The second kappa shape index (κ2) is 9.73. The van der Waals surface area contributed by atoms with E-state index in [-0.39, 0.29) is 17.6 Å². The Morgan fingerprint density at radius 2 is 1.83 bits per heavy atom. The molecule has 2 aromatic rings. The molecule has 0 saturated carbocycles. The Kier molecular flexibility index (Phi) is 7.32. The van der Waals surface area contributed by atoms with Gasteiger partial charge >= 0.3 is 0 Å². The zero-order chi connectivity index (χ0) is 20.9. The van der Waals surface area contributed by atoms with Crippen LogP contribution < -0.4 is 10.1 Å². The van der Waals surface area contributed by atoms with Crippen LogP contribution in [0.25, 0.3) is 0 Å². The largest absolute Gasteiger partial charge is 0.497 e. The molecule has 8 heteroatoms. The third kappa shape index (κ3) is 6.04. The lowest BCUT2D eigenvalue weighted by Gasteiger charge is -2.30. The summed E-state index contributed by atoms with van der Waals surface area (Å²) in [6.07, 6.45) is 1.07. The highest BCUT2D eigenvalue weighted by Crippen LogP contribution is 2.23. The maximum absolute atomic E-state index is 12.7. The summed E-state index contributed by atoms with van der Waals surface area (Å²) < 4.78 is 32.9. The van der Waals surface area contributed by atoms with E-state index >= 15 is 0 Å². The maximum Gasteiger partial charge on any atom is 0.223 e. The Bertz CT molecular complexity index is 939. The first-order valence-corrected chi connectivity index (χ1v) is 11.9. The van der Waals surface area contributed by atoms with E-state index in [1.54, 1.807) is 7.11 Å². The van der Waals surface area contributed by atoms with E-state index in [2.05, 4.69) is 21.2 Å². The van der Waals surface area contributed by atoms with Gasteiger partial charge in [0.2, 0.25) is 15.9 Å². The van der Waals surface area contributed by atoms with Crippen LogP contribution in [0.15, 0.2) is 53.0 Å². The minimum Gasteiger partial charge on any atom is -0.497 e. The van der Waals surface area contributed by atoms with E-state index in [0.29, 0.717) is 32.5 Å². The molecule has 6 nitrogen and oxygen atoms in total. The summed E-state index contributed by atoms with van der Waals surface area (Å²) in [7, 11) is -1.78. The Balaban J connectivity index is 1.49. The van der Waals surface area contributed by atoms with Gasteiger partial charge in [0.05, 0.1) is 12.9 Å². The van der Waals surface area contributed by atoms with E-state index in [9.17, 15) is 13.2 Å². The quantitative estimate of drug-likeness (QED) is 0.659. The van der Waals surface area contributed by atoms with Gasteiger partial charge in [-0.25, -0.2) is 12.7 Å². The predicted molar refractivity (Wildman–Crippen MR) is 116 cm³/mol. The Morgan fingerprint density at radius 3 is 2.45 bits per heavy atom. The Hall–Kier alpha value is -1.90. The topological polar surface area (TPSA) is 75.7 Å². The highest BCUT2D eigenvalue weighted by atomic mass is 79.9. The van der Waals surface area contributed by atoms with Crippen LogP contribution in [0.5, 0.6) is 5.75 Å². The van der Waals surface area contributed by atoms with Gasteiger partial charge < -0.3 is 10.1 Å². The van der Waals surface area contributed by atoms with Gasteiger partial charge in [-0.2, -0.15) is 0 Å². The van der Waals surface area contributed by atoms with Crippen molar-refractivity contribution in [2.24, 2.45) is 5.92 Å². The summed E-state index contributed by atoms with van der Waals surface area (Å²) in [4.78, 5) is 12.5. The fraction of sp³-hybridized carbons (Fsp3) is 0.381. The molecule has 1 amide bonds. The highest BCUT2D eigenvalue weighted by Gasteiger charge is 2.31. The summed E-state index contributed by atoms with van der Waals surface area (Å²) in [5.74, 6) is 0.563. The molecular weight excluding hydrogens is 456 g/mol. The lowest BCUT2D eigenvalue weighted by Crippen LogP contribution is -2.43. The number of piperidine rings is 1. The molecule has 0 spiro atoms. The number of hydrogen-bond donors (Lipinski definition) is 1. The number of sulfonamides is 1. The summed E-state index contributed by atoms with van der Waals surface area (Å²) in [5, 5.41) is 2.95. The molecular formula is C21H25BrN2O4S. The van der Waals surface area contributed by atoms with Gasteiger partial charge in [-0.15, -0.1) is 0 Å². The molecule has 0 aliphatic carbocycles. The third-order valence-corrected chi connectivity index (χ3v) is 7.43. The summed E-state index contributed by atoms with van der Waals surface area (Å²) in [6.45, 7) is 1.19. The fourth-order valence-electron chi connectivity index (χ4n) is 3.40. The first kappa shape index (κ1) is 21.8. The fourth-order valence-corrected chi connectivity index (χ4v) is 5.40. The van der Waals surface area contributed by atoms with E-state index in [4.69, 9.17) is 4.74 Å². The molecule has 29 heavy (non-hydrogen) atoms. The molecule has 0 unspecified atom stereocenters. The lowest BCUT2D eigenvalue weighted by molar-refractivity contribution is -0.126. The molecule has 156 valence electrons. The number of rotatable bonds is 7. The SMILES string of the molecule is COc1ccc(CNC(=O)C2CCN(S(=O)(=O)Cc3cccc(Br)c3)CC2)cc1. The van der Waals surface area contributed by atoms with Crippen molar-refractivity contribution < 1.29 is 17.9 Å². The Morgan fingerprint density at radius 1 is 1.14 bits per heavy atom. The number of halogens is 1. The van der Waals surface area contributed by atoms with Crippen LogP contribution in [0.1, 0.15) is 24.0 Å². The number of nitrogens with one attached hydrogen (secondary N) is 1. The second-order valence-electron chi connectivity index (χ2n) is 7.13. The van der Waals surface area contributed by atoms with Crippen LogP contribution >= 0.6 is 15.9 Å². The van der Waals surface area contributed by atoms with Crippen molar-refractivity contribution in [1.29, 1.82) is 0 Å². The average Bonchev–Trinajstić information content (AvgIpc) is 2.72. The average molecular weight is 481 g/mol. The lowest BCUT2D eigenvalue weighted by atomic mass is 9.97. The van der Waals surface area contributed by atoms with Crippen LogP contribution in [-0.4, -0.2) is 38.8 Å². The van der Waals surface area contributed by atoms with Crippen LogP contribution in [-0.2, 0) is 27.1 Å². The summed E-state index contributed by atoms with van der Waals surface area (Å²) in [6, 6.07) is 14.9. The van der Waals surface area contributed by atoms with E-state index in [0.717, 1.165) is 21.3 Å². The molecule has 0 atom stereocenters. The van der Waals surface area contributed by atoms with E-state index < -0.39 is 10.0 Å². The van der Waals surface area contributed by atoms with Crippen molar-refractivity contribution in [1.82, 2.24) is 9.62 Å². The van der Waals surface area contributed by atoms with Crippen molar-refractivity contribution in [2.45, 2.75) is 25.1 Å². The van der Waals surface area contributed by atoms with Gasteiger partial charge in [0, 0.05) is 30.0 Å². The molecule has 0 radical (unpaired) electrons. The molecule has 1 saturated heterocycles. The molecule has 2 aromatic carbocycles. The molecule has 1 aliphatic heterocycles. The first-order chi connectivity index (χ1) is 13.9. The molecule has 0 bridgehead atoms. The zero-order valence-corrected chi connectivity index (χ0v) is 18.7. The van der Waals surface area contributed by atoms with E-state index in [1.165, 1.54) is 4.31 Å². The van der Waals surface area contributed by atoms with Gasteiger partial charge in [0.1, 0.15) is 5.75 Å². The maximum atomic E-state index is 12.7. The summed E-state index contributed by atoms with van der Waals surface area (Å²) in [5.41, 5.74) is 1.74. The van der Waals surface area contributed by atoms with Crippen molar-refractivity contribution >= 4 is 31.9 Å². The van der Waals surface area contributed by atoms with Gasteiger partial charge in [0.25, 0.3) is 0 Å². The molecule has 1 fully saturated rings. The minimum absolute atomic E-state index is 0.0233. The standard InChI is InChI=1S/C21H25BrN2O4S/c1-28-20-7-5-16(6-8-20)14-23-21(25)18-9-11-24(12-10-18)29(26,27)15-17-3-2-4-19(22)13-17/h2-8,13,18H,9-12,14-15H2,1H3,(H,23,25). The number of nitrogens with zero attached hydrogens (tertiary/aromatic N) is 1. The van der Waals surface area contributed by atoms with Crippen LogP contribution in [0.3, 0.4) is 0 Å².